The highest BCUT2D eigenvalue weighted by molar-refractivity contribution is 5.94. The molecule has 1 amide bonds. The molecular weight excluding hydrogens is 198 g/mol. The van der Waals surface area contributed by atoms with Crippen LogP contribution in [0.25, 0.3) is 0 Å². The van der Waals surface area contributed by atoms with E-state index in [4.69, 9.17) is 0 Å². The average molecular weight is 219 g/mol. The lowest BCUT2D eigenvalue weighted by molar-refractivity contribution is 0.0755. The third-order valence-electron chi connectivity index (χ3n) is 2.92. The van der Waals surface area contributed by atoms with Crippen molar-refractivity contribution in [3.05, 3.63) is 35.4 Å². The quantitative estimate of drug-likeness (QED) is 0.764. The van der Waals surface area contributed by atoms with Gasteiger partial charge in [-0.2, -0.15) is 0 Å². The Morgan fingerprint density at radius 1 is 1.06 bits per heavy atom. The van der Waals surface area contributed by atoms with Crippen LogP contribution in [0.5, 0.6) is 0 Å². The number of amides is 1. The highest BCUT2D eigenvalue weighted by Crippen LogP contribution is 2.15. The monoisotopic (exact) mass is 219 g/mol. The first-order valence-corrected chi connectivity index (χ1v) is 5.80. The second kappa shape index (κ2) is 5.15. The maximum atomic E-state index is 12.0. The molecule has 16 heavy (non-hydrogen) atoms. The molecule has 2 heteroatoms. The maximum Gasteiger partial charge on any atom is 0.253 e. The van der Waals surface area contributed by atoms with Gasteiger partial charge in [0.25, 0.3) is 5.91 Å². The van der Waals surface area contributed by atoms with Crippen molar-refractivity contribution in [2.24, 2.45) is 0 Å². The average Bonchev–Trinajstić information content (AvgIpc) is 2.27. The van der Waals surface area contributed by atoms with Gasteiger partial charge in [-0.25, -0.2) is 0 Å². The predicted molar refractivity (Wildman–Crippen MR) is 67.8 cm³/mol. The van der Waals surface area contributed by atoms with E-state index in [1.165, 1.54) is 5.56 Å². The molecule has 0 fully saturated rings. The molecule has 1 rings (SSSR count). The third-order valence-corrected chi connectivity index (χ3v) is 2.92. The fourth-order valence-electron chi connectivity index (χ4n) is 1.45. The Balaban J connectivity index is 2.86. The molecule has 0 N–H and O–H groups in total. The second-order valence-corrected chi connectivity index (χ2v) is 4.79. The zero-order chi connectivity index (χ0) is 12.3. The number of benzene rings is 1. The van der Waals surface area contributed by atoms with Crippen molar-refractivity contribution in [2.75, 3.05) is 7.05 Å². The molecule has 1 aromatic rings. The Morgan fingerprint density at radius 2 is 1.56 bits per heavy atom. The molecule has 0 aliphatic carbocycles. The van der Waals surface area contributed by atoms with Crippen LogP contribution < -0.4 is 0 Å². The first kappa shape index (κ1) is 12.8. The van der Waals surface area contributed by atoms with E-state index >= 15 is 0 Å². The summed E-state index contributed by atoms with van der Waals surface area (Å²) in [5.74, 6) is 0.595. The second-order valence-electron chi connectivity index (χ2n) is 4.79. The maximum absolute atomic E-state index is 12.0. The van der Waals surface area contributed by atoms with E-state index in [1.54, 1.807) is 4.90 Å². The number of carbonyl (C=O) groups is 1. The summed E-state index contributed by atoms with van der Waals surface area (Å²) < 4.78 is 0. The molecule has 0 bridgehead atoms. The lowest BCUT2D eigenvalue weighted by Gasteiger charge is -2.21. The zero-order valence-electron chi connectivity index (χ0n) is 10.8. The Labute approximate surface area is 98.3 Å². The van der Waals surface area contributed by atoms with Gasteiger partial charge < -0.3 is 4.90 Å². The summed E-state index contributed by atoms with van der Waals surface area (Å²) in [5.41, 5.74) is 2.03. The van der Waals surface area contributed by atoms with Crippen LogP contribution >= 0.6 is 0 Å². The normalized spacial score (nSPS) is 10.9. The summed E-state index contributed by atoms with van der Waals surface area (Å²) in [7, 11) is 1.84. The van der Waals surface area contributed by atoms with Gasteiger partial charge in [0, 0.05) is 18.7 Å². The Hall–Kier alpha value is -1.31. The van der Waals surface area contributed by atoms with Crippen molar-refractivity contribution < 1.29 is 4.79 Å². The van der Waals surface area contributed by atoms with Crippen LogP contribution in [-0.2, 0) is 0 Å². The Bertz CT molecular complexity index is 352. The molecule has 0 radical (unpaired) electrons. The van der Waals surface area contributed by atoms with Gasteiger partial charge in [0.05, 0.1) is 0 Å². The van der Waals surface area contributed by atoms with Crippen LogP contribution in [0.2, 0.25) is 0 Å². The van der Waals surface area contributed by atoms with E-state index in [2.05, 4.69) is 13.8 Å². The van der Waals surface area contributed by atoms with Crippen LogP contribution in [0.1, 0.15) is 49.5 Å². The molecule has 0 aliphatic rings. The van der Waals surface area contributed by atoms with Gasteiger partial charge in [-0.1, -0.05) is 26.0 Å². The zero-order valence-corrected chi connectivity index (χ0v) is 10.8. The van der Waals surface area contributed by atoms with E-state index in [9.17, 15) is 4.79 Å². The van der Waals surface area contributed by atoms with E-state index in [0.717, 1.165) is 5.56 Å². The molecule has 0 heterocycles. The first-order chi connectivity index (χ1) is 7.43. The summed E-state index contributed by atoms with van der Waals surface area (Å²) in [5, 5.41) is 0. The van der Waals surface area contributed by atoms with Gasteiger partial charge in [-0.15, -0.1) is 0 Å². The third kappa shape index (κ3) is 2.84. The van der Waals surface area contributed by atoms with Gasteiger partial charge in [0.15, 0.2) is 0 Å². The minimum absolute atomic E-state index is 0.0882. The minimum atomic E-state index is 0.0882. The number of nitrogens with zero attached hydrogens (tertiary/aromatic N) is 1. The highest BCUT2D eigenvalue weighted by Gasteiger charge is 2.13. The fourth-order valence-corrected chi connectivity index (χ4v) is 1.45. The molecule has 0 aromatic heterocycles. The van der Waals surface area contributed by atoms with Gasteiger partial charge in [0.1, 0.15) is 0 Å². The molecule has 0 atom stereocenters. The van der Waals surface area contributed by atoms with Gasteiger partial charge in [0.2, 0.25) is 0 Å². The van der Waals surface area contributed by atoms with Crippen molar-refractivity contribution in [2.45, 2.75) is 39.7 Å². The van der Waals surface area contributed by atoms with Gasteiger partial charge >= 0.3 is 0 Å². The minimum Gasteiger partial charge on any atom is -0.339 e. The molecule has 2 nitrogen and oxygen atoms in total. The van der Waals surface area contributed by atoms with Crippen molar-refractivity contribution in [1.82, 2.24) is 4.90 Å². The van der Waals surface area contributed by atoms with Crippen molar-refractivity contribution in [1.29, 1.82) is 0 Å². The summed E-state index contributed by atoms with van der Waals surface area (Å²) in [4.78, 5) is 13.7. The van der Waals surface area contributed by atoms with Crippen molar-refractivity contribution in [3.8, 4) is 0 Å². The largest absolute Gasteiger partial charge is 0.339 e. The summed E-state index contributed by atoms with van der Waals surface area (Å²) >= 11 is 0. The fraction of sp³-hybridized carbons (Fsp3) is 0.500. The van der Waals surface area contributed by atoms with Crippen molar-refractivity contribution >= 4 is 5.91 Å². The number of rotatable bonds is 3. The number of hydrogen-bond acceptors (Lipinski definition) is 1. The molecule has 0 spiro atoms. The Morgan fingerprint density at radius 3 is 1.94 bits per heavy atom. The summed E-state index contributed by atoms with van der Waals surface area (Å²) in [6, 6.07) is 8.13. The molecule has 88 valence electrons. The molecular formula is C14H21NO. The number of hydrogen-bond donors (Lipinski definition) is 0. The number of carbonyl (C=O) groups excluding carboxylic acids is 1. The molecule has 0 aliphatic heterocycles. The van der Waals surface area contributed by atoms with E-state index in [-0.39, 0.29) is 11.9 Å². The smallest absolute Gasteiger partial charge is 0.253 e. The van der Waals surface area contributed by atoms with Gasteiger partial charge in [-0.05, 0) is 37.5 Å². The van der Waals surface area contributed by atoms with Crippen LogP contribution in [0.15, 0.2) is 24.3 Å². The SMILES string of the molecule is CC(C)c1ccc(C(=O)N(C)C(C)C)cc1. The lowest BCUT2D eigenvalue weighted by Crippen LogP contribution is -2.32. The molecule has 0 saturated carbocycles. The van der Waals surface area contributed by atoms with E-state index < -0.39 is 0 Å². The molecule has 0 unspecified atom stereocenters. The predicted octanol–water partition coefficient (Wildman–Crippen LogP) is 3.29. The van der Waals surface area contributed by atoms with E-state index in [0.29, 0.717) is 5.92 Å². The van der Waals surface area contributed by atoms with Gasteiger partial charge in [-0.3, -0.25) is 4.79 Å². The first-order valence-electron chi connectivity index (χ1n) is 5.80. The van der Waals surface area contributed by atoms with Crippen LogP contribution in [0, 0.1) is 0 Å². The van der Waals surface area contributed by atoms with E-state index in [1.807, 2.05) is 45.2 Å². The highest BCUT2D eigenvalue weighted by atomic mass is 16.2. The Kier molecular flexibility index (Phi) is 4.11. The molecule has 1 aromatic carbocycles. The molecule has 0 saturated heterocycles. The van der Waals surface area contributed by atoms with Crippen molar-refractivity contribution in [3.63, 3.8) is 0 Å². The summed E-state index contributed by atoms with van der Waals surface area (Å²) in [6.07, 6.45) is 0. The standard InChI is InChI=1S/C14H21NO/c1-10(2)12-6-8-13(9-7-12)14(16)15(5)11(3)4/h6-11H,1-5H3. The van der Waals surface area contributed by atoms with Crippen LogP contribution in [0.3, 0.4) is 0 Å². The topological polar surface area (TPSA) is 20.3 Å². The van der Waals surface area contributed by atoms with Crippen LogP contribution in [0.4, 0.5) is 0 Å². The van der Waals surface area contributed by atoms with Crippen LogP contribution in [-0.4, -0.2) is 23.9 Å². The lowest BCUT2D eigenvalue weighted by atomic mass is 10.0. The summed E-state index contributed by atoms with van der Waals surface area (Å²) in [6.45, 7) is 8.33.